The van der Waals surface area contributed by atoms with Gasteiger partial charge in [-0.15, -0.1) is 0 Å². The lowest BCUT2D eigenvalue weighted by atomic mass is 10.2. The van der Waals surface area contributed by atoms with Crippen LogP contribution in [0.4, 0.5) is 5.69 Å². The summed E-state index contributed by atoms with van der Waals surface area (Å²) in [5.41, 5.74) is 0.314. The SMILES string of the molecule is COc1ccccc1OCC(=O)Nc1cc(C(=O)O)ccc1OC(C)C. The molecule has 0 aliphatic carbocycles. The molecule has 0 aliphatic heterocycles. The van der Waals surface area contributed by atoms with E-state index in [4.69, 9.17) is 19.3 Å². The minimum absolute atomic E-state index is 0.0436. The fourth-order valence-electron chi connectivity index (χ4n) is 2.19. The van der Waals surface area contributed by atoms with E-state index in [0.29, 0.717) is 17.2 Å². The highest BCUT2D eigenvalue weighted by molar-refractivity contribution is 5.96. The topological polar surface area (TPSA) is 94.1 Å². The van der Waals surface area contributed by atoms with Crippen molar-refractivity contribution in [1.82, 2.24) is 0 Å². The number of carbonyl (C=O) groups is 2. The molecule has 0 saturated carbocycles. The molecule has 0 spiro atoms. The molecule has 138 valence electrons. The number of carboxylic acid groups (broad SMARTS) is 1. The molecule has 0 unspecified atom stereocenters. The molecule has 26 heavy (non-hydrogen) atoms. The molecule has 0 heterocycles. The van der Waals surface area contributed by atoms with Crippen molar-refractivity contribution in [3.63, 3.8) is 0 Å². The van der Waals surface area contributed by atoms with E-state index in [1.165, 1.54) is 25.3 Å². The van der Waals surface area contributed by atoms with Gasteiger partial charge in [0.05, 0.1) is 24.5 Å². The lowest BCUT2D eigenvalue weighted by molar-refractivity contribution is -0.118. The Morgan fingerprint density at radius 1 is 1.08 bits per heavy atom. The van der Waals surface area contributed by atoms with Crippen LogP contribution in [0, 0.1) is 0 Å². The standard InChI is InChI=1S/C19H21NO6/c1-12(2)26-15-9-8-13(19(22)23)10-14(15)20-18(21)11-25-17-7-5-4-6-16(17)24-3/h4-10,12H,11H2,1-3H3,(H,20,21)(H,22,23). The smallest absolute Gasteiger partial charge is 0.335 e. The summed E-state index contributed by atoms with van der Waals surface area (Å²) in [5.74, 6) is -0.218. The fraction of sp³-hybridized carbons (Fsp3) is 0.263. The van der Waals surface area contributed by atoms with Crippen LogP contribution in [0.25, 0.3) is 0 Å². The molecule has 0 radical (unpaired) electrons. The maximum Gasteiger partial charge on any atom is 0.335 e. The van der Waals surface area contributed by atoms with Crippen LogP contribution in [-0.2, 0) is 4.79 Å². The zero-order valence-corrected chi connectivity index (χ0v) is 14.8. The highest BCUT2D eigenvalue weighted by atomic mass is 16.5. The minimum Gasteiger partial charge on any atom is -0.493 e. The molecule has 0 atom stereocenters. The number of rotatable bonds is 8. The van der Waals surface area contributed by atoms with Crippen LogP contribution >= 0.6 is 0 Å². The molecule has 2 aromatic rings. The third kappa shape index (κ3) is 5.14. The van der Waals surface area contributed by atoms with Crippen molar-refractivity contribution in [2.45, 2.75) is 20.0 Å². The summed E-state index contributed by atoms with van der Waals surface area (Å²) in [7, 11) is 1.51. The number of methoxy groups -OCH3 is 1. The van der Waals surface area contributed by atoms with Gasteiger partial charge in [0, 0.05) is 0 Å². The minimum atomic E-state index is -1.10. The molecule has 2 N–H and O–H groups in total. The molecule has 1 amide bonds. The number of amides is 1. The van der Waals surface area contributed by atoms with Crippen molar-refractivity contribution in [1.29, 1.82) is 0 Å². The molecule has 7 heteroatoms. The Labute approximate surface area is 151 Å². The summed E-state index contributed by atoms with van der Waals surface area (Å²) < 4.78 is 16.2. The van der Waals surface area contributed by atoms with E-state index in [-0.39, 0.29) is 24.0 Å². The van der Waals surface area contributed by atoms with Crippen LogP contribution in [0.5, 0.6) is 17.2 Å². The molecule has 0 fully saturated rings. The van der Waals surface area contributed by atoms with Gasteiger partial charge < -0.3 is 24.6 Å². The van der Waals surface area contributed by atoms with Gasteiger partial charge in [0.15, 0.2) is 18.1 Å². The zero-order valence-electron chi connectivity index (χ0n) is 14.8. The predicted molar refractivity (Wildman–Crippen MR) is 96.3 cm³/mol. The average molecular weight is 359 g/mol. The number of carboxylic acids is 1. The van der Waals surface area contributed by atoms with Crippen molar-refractivity contribution >= 4 is 17.6 Å². The second-order valence-electron chi connectivity index (χ2n) is 5.67. The molecular weight excluding hydrogens is 338 g/mol. The summed E-state index contributed by atoms with van der Waals surface area (Å²) in [5, 5.41) is 11.8. The van der Waals surface area contributed by atoms with Crippen molar-refractivity contribution in [3.05, 3.63) is 48.0 Å². The number of ether oxygens (including phenoxy) is 3. The van der Waals surface area contributed by atoms with Gasteiger partial charge in [0.25, 0.3) is 5.91 Å². The van der Waals surface area contributed by atoms with E-state index in [0.717, 1.165) is 0 Å². The van der Waals surface area contributed by atoms with E-state index < -0.39 is 11.9 Å². The van der Waals surface area contributed by atoms with Gasteiger partial charge >= 0.3 is 5.97 Å². The summed E-state index contributed by atoms with van der Waals surface area (Å²) in [6, 6.07) is 11.2. The van der Waals surface area contributed by atoms with Gasteiger partial charge in [-0.05, 0) is 44.2 Å². The number of benzene rings is 2. The summed E-state index contributed by atoms with van der Waals surface area (Å²) in [6.45, 7) is 3.40. The summed E-state index contributed by atoms with van der Waals surface area (Å²) in [6.07, 6.45) is -0.133. The van der Waals surface area contributed by atoms with Gasteiger partial charge in [0.2, 0.25) is 0 Å². The Morgan fingerprint density at radius 2 is 1.77 bits per heavy atom. The van der Waals surface area contributed by atoms with Crippen LogP contribution < -0.4 is 19.5 Å². The Balaban J connectivity index is 2.11. The Kier molecular flexibility index (Phi) is 6.43. The lowest BCUT2D eigenvalue weighted by Gasteiger charge is -2.16. The fourth-order valence-corrected chi connectivity index (χ4v) is 2.19. The number of carbonyl (C=O) groups excluding carboxylic acids is 1. The molecule has 0 bridgehead atoms. The normalized spacial score (nSPS) is 10.3. The quantitative estimate of drug-likeness (QED) is 0.752. The van der Waals surface area contributed by atoms with Crippen molar-refractivity contribution < 1.29 is 28.9 Å². The molecule has 7 nitrogen and oxygen atoms in total. The molecule has 0 saturated heterocycles. The highest BCUT2D eigenvalue weighted by Gasteiger charge is 2.14. The molecule has 0 aliphatic rings. The first-order chi connectivity index (χ1) is 12.4. The van der Waals surface area contributed by atoms with E-state index in [9.17, 15) is 9.59 Å². The van der Waals surface area contributed by atoms with Crippen molar-refractivity contribution in [2.75, 3.05) is 19.0 Å². The van der Waals surface area contributed by atoms with E-state index in [2.05, 4.69) is 5.32 Å². The van der Waals surface area contributed by atoms with Crippen LogP contribution in [0.15, 0.2) is 42.5 Å². The van der Waals surface area contributed by atoms with Gasteiger partial charge in [-0.25, -0.2) is 4.79 Å². The molecule has 2 aromatic carbocycles. The first-order valence-corrected chi connectivity index (χ1v) is 8.00. The van der Waals surface area contributed by atoms with E-state index in [1.807, 2.05) is 13.8 Å². The average Bonchev–Trinajstić information content (AvgIpc) is 2.61. The third-order valence-electron chi connectivity index (χ3n) is 3.29. The van der Waals surface area contributed by atoms with Gasteiger partial charge in [-0.2, -0.15) is 0 Å². The van der Waals surface area contributed by atoms with Gasteiger partial charge in [-0.1, -0.05) is 12.1 Å². The number of hydrogen-bond acceptors (Lipinski definition) is 5. The van der Waals surface area contributed by atoms with E-state index >= 15 is 0 Å². The van der Waals surface area contributed by atoms with E-state index in [1.54, 1.807) is 24.3 Å². The number of nitrogens with one attached hydrogen (secondary N) is 1. The summed E-state index contributed by atoms with van der Waals surface area (Å²) in [4.78, 5) is 23.4. The van der Waals surface area contributed by atoms with Gasteiger partial charge in [0.1, 0.15) is 5.75 Å². The van der Waals surface area contributed by atoms with Crippen LogP contribution in [0.1, 0.15) is 24.2 Å². The third-order valence-corrected chi connectivity index (χ3v) is 3.29. The number of hydrogen-bond donors (Lipinski definition) is 2. The molecular formula is C19H21NO6. The number of aromatic carboxylic acids is 1. The molecule has 2 rings (SSSR count). The number of anilines is 1. The first kappa shape index (κ1) is 19.1. The first-order valence-electron chi connectivity index (χ1n) is 8.00. The highest BCUT2D eigenvalue weighted by Crippen LogP contribution is 2.28. The monoisotopic (exact) mass is 359 g/mol. The van der Waals surface area contributed by atoms with Crippen LogP contribution in [0.2, 0.25) is 0 Å². The predicted octanol–water partition coefficient (Wildman–Crippen LogP) is 3.20. The Bertz CT molecular complexity index is 787. The second-order valence-corrected chi connectivity index (χ2v) is 5.67. The van der Waals surface area contributed by atoms with Crippen molar-refractivity contribution in [3.8, 4) is 17.2 Å². The maximum atomic E-state index is 12.2. The molecule has 0 aromatic heterocycles. The maximum absolute atomic E-state index is 12.2. The van der Waals surface area contributed by atoms with Crippen molar-refractivity contribution in [2.24, 2.45) is 0 Å². The van der Waals surface area contributed by atoms with Crippen LogP contribution in [-0.4, -0.2) is 36.8 Å². The lowest BCUT2D eigenvalue weighted by Crippen LogP contribution is -2.21. The zero-order chi connectivity index (χ0) is 19.1. The van der Waals surface area contributed by atoms with Gasteiger partial charge in [-0.3, -0.25) is 4.79 Å². The van der Waals surface area contributed by atoms with Crippen LogP contribution in [0.3, 0.4) is 0 Å². The second kappa shape index (κ2) is 8.75. The number of para-hydroxylation sites is 2. The Hall–Kier alpha value is -3.22. The largest absolute Gasteiger partial charge is 0.493 e. The summed E-state index contributed by atoms with van der Waals surface area (Å²) >= 11 is 0. The Morgan fingerprint density at radius 3 is 2.38 bits per heavy atom.